The van der Waals surface area contributed by atoms with E-state index in [0.717, 1.165) is 6.42 Å². The standard InChI is InChI=1S/C14H22O4/c1-11(5-7-13-15-8-9-16-13)4-6-12-10-17-14(2,3)18-12/h4-6,12-13H,7-10H2,1-3H3/b6-4+,11-5+/t12-/m0/s1. The molecule has 0 aromatic rings. The Bertz CT molecular complexity index is 327. The van der Waals surface area contributed by atoms with Crippen molar-refractivity contribution >= 4 is 0 Å². The molecule has 0 aromatic heterocycles. The van der Waals surface area contributed by atoms with Crippen LogP contribution in [0.4, 0.5) is 0 Å². The van der Waals surface area contributed by atoms with Crippen LogP contribution in [0.25, 0.3) is 0 Å². The number of allylic oxidation sites excluding steroid dienone is 2. The molecule has 0 spiro atoms. The molecule has 2 aliphatic rings. The van der Waals surface area contributed by atoms with E-state index in [1.165, 1.54) is 5.57 Å². The Morgan fingerprint density at radius 3 is 2.61 bits per heavy atom. The molecular formula is C14H22O4. The Hall–Kier alpha value is -0.680. The smallest absolute Gasteiger partial charge is 0.163 e. The van der Waals surface area contributed by atoms with Gasteiger partial charge >= 0.3 is 0 Å². The van der Waals surface area contributed by atoms with Gasteiger partial charge in [0.05, 0.1) is 19.8 Å². The van der Waals surface area contributed by atoms with E-state index in [-0.39, 0.29) is 12.4 Å². The van der Waals surface area contributed by atoms with Crippen molar-refractivity contribution in [3.8, 4) is 0 Å². The van der Waals surface area contributed by atoms with Crippen LogP contribution in [-0.2, 0) is 18.9 Å². The quantitative estimate of drug-likeness (QED) is 0.722. The molecule has 4 nitrogen and oxygen atoms in total. The molecule has 0 amide bonds. The molecule has 2 aliphatic heterocycles. The fraction of sp³-hybridized carbons (Fsp3) is 0.714. The van der Waals surface area contributed by atoms with Gasteiger partial charge < -0.3 is 18.9 Å². The van der Waals surface area contributed by atoms with Crippen molar-refractivity contribution < 1.29 is 18.9 Å². The third-order valence-electron chi connectivity index (χ3n) is 2.93. The fourth-order valence-electron chi connectivity index (χ4n) is 1.96. The van der Waals surface area contributed by atoms with E-state index < -0.39 is 5.79 Å². The molecular weight excluding hydrogens is 232 g/mol. The third kappa shape index (κ3) is 4.21. The lowest BCUT2D eigenvalue weighted by Crippen LogP contribution is -2.20. The summed E-state index contributed by atoms with van der Waals surface area (Å²) in [5, 5.41) is 0. The predicted octanol–water partition coefficient (Wildman–Crippen LogP) is 2.40. The van der Waals surface area contributed by atoms with Crippen LogP contribution in [-0.4, -0.2) is 38.0 Å². The van der Waals surface area contributed by atoms with Crippen molar-refractivity contribution in [3.05, 3.63) is 23.8 Å². The molecule has 18 heavy (non-hydrogen) atoms. The fourth-order valence-corrected chi connectivity index (χ4v) is 1.96. The monoisotopic (exact) mass is 254 g/mol. The van der Waals surface area contributed by atoms with Crippen LogP contribution < -0.4 is 0 Å². The summed E-state index contributed by atoms with van der Waals surface area (Å²) in [6.07, 6.45) is 6.99. The van der Waals surface area contributed by atoms with E-state index in [0.29, 0.717) is 19.8 Å². The van der Waals surface area contributed by atoms with Gasteiger partial charge in [0.15, 0.2) is 12.1 Å². The van der Waals surface area contributed by atoms with Gasteiger partial charge in [0, 0.05) is 6.42 Å². The van der Waals surface area contributed by atoms with E-state index in [4.69, 9.17) is 18.9 Å². The average Bonchev–Trinajstić information content (AvgIpc) is 2.93. The van der Waals surface area contributed by atoms with Crippen molar-refractivity contribution in [2.45, 2.75) is 45.4 Å². The molecule has 2 rings (SSSR count). The molecule has 0 aromatic carbocycles. The van der Waals surface area contributed by atoms with Gasteiger partial charge in [0.25, 0.3) is 0 Å². The normalized spacial score (nSPS) is 29.5. The molecule has 2 fully saturated rings. The maximum absolute atomic E-state index is 5.69. The van der Waals surface area contributed by atoms with Crippen molar-refractivity contribution in [2.24, 2.45) is 0 Å². The highest BCUT2D eigenvalue weighted by atomic mass is 16.7. The van der Waals surface area contributed by atoms with Crippen molar-refractivity contribution in [1.29, 1.82) is 0 Å². The second-order valence-electron chi connectivity index (χ2n) is 5.08. The molecule has 0 N–H and O–H groups in total. The highest BCUT2D eigenvalue weighted by Gasteiger charge is 2.30. The van der Waals surface area contributed by atoms with E-state index >= 15 is 0 Å². The lowest BCUT2D eigenvalue weighted by Gasteiger charge is -2.15. The third-order valence-corrected chi connectivity index (χ3v) is 2.93. The lowest BCUT2D eigenvalue weighted by atomic mass is 10.2. The summed E-state index contributed by atoms with van der Waals surface area (Å²) in [6, 6.07) is 0. The summed E-state index contributed by atoms with van der Waals surface area (Å²) in [4.78, 5) is 0. The topological polar surface area (TPSA) is 36.9 Å². The number of ether oxygens (including phenoxy) is 4. The highest BCUT2D eigenvalue weighted by molar-refractivity contribution is 5.17. The summed E-state index contributed by atoms with van der Waals surface area (Å²) in [6.45, 7) is 7.94. The van der Waals surface area contributed by atoms with E-state index in [1.54, 1.807) is 0 Å². The van der Waals surface area contributed by atoms with Crippen LogP contribution in [0.5, 0.6) is 0 Å². The Balaban J connectivity index is 1.76. The van der Waals surface area contributed by atoms with Crippen LogP contribution in [0.1, 0.15) is 27.2 Å². The molecule has 0 radical (unpaired) electrons. The molecule has 0 aliphatic carbocycles. The molecule has 2 heterocycles. The maximum atomic E-state index is 5.69. The zero-order valence-electron chi connectivity index (χ0n) is 11.3. The van der Waals surface area contributed by atoms with Crippen molar-refractivity contribution in [3.63, 3.8) is 0 Å². The minimum absolute atomic E-state index is 0.0438. The molecule has 0 unspecified atom stereocenters. The van der Waals surface area contributed by atoms with Gasteiger partial charge in [-0.3, -0.25) is 0 Å². The zero-order chi connectivity index (χ0) is 13.0. The minimum Gasteiger partial charge on any atom is -0.350 e. The van der Waals surface area contributed by atoms with E-state index in [9.17, 15) is 0 Å². The van der Waals surface area contributed by atoms with Crippen molar-refractivity contribution in [1.82, 2.24) is 0 Å². The van der Waals surface area contributed by atoms with Gasteiger partial charge in [-0.1, -0.05) is 23.8 Å². The summed E-state index contributed by atoms with van der Waals surface area (Å²) < 4.78 is 21.9. The first kappa shape index (κ1) is 13.7. The zero-order valence-corrected chi connectivity index (χ0v) is 11.3. The summed E-state index contributed by atoms with van der Waals surface area (Å²) in [7, 11) is 0. The Labute approximate surface area is 109 Å². The summed E-state index contributed by atoms with van der Waals surface area (Å²) >= 11 is 0. The van der Waals surface area contributed by atoms with Gasteiger partial charge in [-0.2, -0.15) is 0 Å². The number of hydrogen-bond acceptors (Lipinski definition) is 4. The molecule has 4 heteroatoms. The Morgan fingerprint density at radius 2 is 2.00 bits per heavy atom. The second-order valence-corrected chi connectivity index (χ2v) is 5.08. The largest absolute Gasteiger partial charge is 0.350 e. The predicted molar refractivity (Wildman–Crippen MR) is 68.1 cm³/mol. The van der Waals surface area contributed by atoms with Gasteiger partial charge in [0.1, 0.15) is 6.10 Å². The van der Waals surface area contributed by atoms with E-state index in [2.05, 4.69) is 19.1 Å². The van der Waals surface area contributed by atoms with Crippen LogP contribution in [0, 0.1) is 0 Å². The van der Waals surface area contributed by atoms with Crippen LogP contribution >= 0.6 is 0 Å². The van der Waals surface area contributed by atoms with Crippen LogP contribution in [0.3, 0.4) is 0 Å². The van der Waals surface area contributed by atoms with Crippen molar-refractivity contribution in [2.75, 3.05) is 19.8 Å². The molecule has 1 atom stereocenters. The first-order valence-electron chi connectivity index (χ1n) is 6.45. The first-order chi connectivity index (χ1) is 8.55. The Morgan fingerprint density at radius 1 is 1.28 bits per heavy atom. The molecule has 0 saturated carbocycles. The number of hydrogen-bond donors (Lipinski definition) is 0. The summed E-state index contributed by atoms with van der Waals surface area (Å²) in [5.41, 5.74) is 1.18. The molecule has 2 saturated heterocycles. The van der Waals surface area contributed by atoms with Crippen LogP contribution in [0.15, 0.2) is 23.8 Å². The minimum atomic E-state index is -0.460. The first-order valence-corrected chi connectivity index (χ1v) is 6.45. The van der Waals surface area contributed by atoms with Gasteiger partial charge in [0.2, 0.25) is 0 Å². The lowest BCUT2D eigenvalue weighted by molar-refractivity contribution is -0.133. The molecule has 102 valence electrons. The van der Waals surface area contributed by atoms with Gasteiger partial charge in [-0.15, -0.1) is 0 Å². The number of rotatable bonds is 4. The second kappa shape index (κ2) is 5.97. The SMILES string of the molecule is CC(/C=C/[C@H]1COC(C)(C)O1)=C\CC1OCCO1. The van der Waals surface area contributed by atoms with Crippen LogP contribution in [0.2, 0.25) is 0 Å². The maximum Gasteiger partial charge on any atom is 0.163 e. The van der Waals surface area contributed by atoms with Gasteiger partial charge in [-0.05, 0) is 20.8 Å². The van der Waals surface area contributed by atoms with Gasteiger partial charge in [-0.25, -0.2) is 0 Å². The average molecular weight is 254 g/mol. The Kier molecular flexibility index (Phi) is 4.56. The molecule has 0 bridgehead atoms. The summed E-state index contributed by atoms with van der Waals surface area (Å²) in [5.74, 6) is -0.460. The van der Waals surface area contributed by atoms with E-state index in [1.807, 2.05) is 19.9 Å². The highest BCUT2D eigenvalue weighted by Crippen LogP contribution is 2.23.